The summed E-state index contributed by atoms with van der Waals surface area (Å²) in [4.78, 5) is 2.32. The number of anilines is 1. The van der Waals surface area contributed by atoms with Crippen molar-refractivity contribution < 1.29 is 4.39 Å². The molecule has 0 aromatic heterocycles. The van der Waals surface area contributed by atoms with Gasteiger partial charge in [0.2, 0.25) is 0 Å². The molecule has 1 aliphatic heterocycles. The largest absolute Gasteiger partial charge is 0.366 e. The number of benzene rings is 1. The highest BCUT2D eigenvalue weighted by atomic mass is 19.1. The summed E-state index contributed by atoms with van der Waals surface area (Å²) in [6.45, 7) is 1.58. The van der Waals surface area contributed by atoms with Crippen LogP contribution in [0.4, 0.5) is 10.1 Å². The van der Waals surface area contributed by atoms with Crippen LogP contribution in [0.5, 0.6) is 0 Å². The summed E-state index contributed by atoms with van der Waals surface area (Å²) in [5.74, 6) is 0.718. The molecule has 0 bridgehead atoms. The Morgan fingerprint density at radius 1 is 1.21 bits per heavy atom. The number of fused-ring (bicyclic) bond motifs is 1. The first-order valence-corrected chi connectivity index (χ1v) is 7.54. The van der Waals surface area contributed by atoms with Gasteiger partial charge in [-0.2, -0.15) is 0 Å². The van der Waals surface area contributed by atoms with Gasteiger partial charge in [0.05, 0.1) is 5.69 Å². The second kappa shape index (κ2) is 5.49. The smallest absolute Gasteiger partial charge is 0.146 e. The van der Waals surface area contributed by atoms with Crippen molar-refractivity contribution >= 4 is 5.69 Å². The van der Waals surface area contributed by atoms with Crippen molar-refractivity contribution in [3.63, 3.8) is 0 Å². The molecule has 3 heteroatoms. The topological polar surface area (TPSA) is 29.3 Å². The lowest BCUT2D eigenvalue weighted by Crippen LogP contribution is -2.43. The van der Waals surface area contributed by atoms with Crippen LogP contribution in [0.2, 0.25) is 0 Å². The lowest BCUT2D eigenvalue weighted by Gasteiger charge is -2.39. The number of hydrogen-bond donors (Lipinski definition) is 1. The van der Waals surface area contributed by atoms with E-state index >= 15 is 0 Å². The van der Waals surface area contributed by atoms with Gasteiger partial charge in [-0.3, -0.25) is 0 Å². The van der Waals surface area contributed by atoms with Crippen molar-refractivity contribution in [2.75, 3.05) is 18.0 Å². The van der Waals surface area contributed by atoms with Crippen molar-refractivity contribution in [2.45, 2.75) is 44.6 Å². The van der Waals surface area contributed by atoms with Gasteiger partial charge in [-0.15, -0.1) is 0 Å². The van der Waals surface area contributed by atoms with Crippen molar-refractivity contribution in [3.05, 3.63) is 29.6 Å². The Morgan fingerprint density at radius 3 is 2.84 bits per heavy atom. The van der Waals surface area contributed by atoms with Crippen molar-refractivity contribution in [3.8, 4) is 0 Å². The Balaban J connectivity index is 1.84. The molecule has 1 saturated heterocycles. The molecule has 1 aromatic rings. The van der Waals surface area contributed by atoms with Crippen LogP contribution < -0.4 is 10.6 Å². The van der Waals surface area contributed by atoms with Gasteiger partial charge < -0.3 is 10.6 Å². The molecule has 3 rings (SSSR count). The van der Waals surface area contributed by atoms with Gasteiger partial charge in [0, 0.05) is 12.6 Å². The maximum absolute atomic E-state index is 14.3. The molecule has 1 aliphatic carbocycles. The fraction of sp³-hybridized carbons (Fsp3) is 0.625. The summed E-state index contributed by atoms with van der Waals surface area (Å²) in [5, 5.41) is 0. The quantitative estimate of drug-likeness (QED) is 0.907. The Morgan fingerprint density at radius 2 is 2.05 bits per heavy atom. The third-order valence-corrected chi connectivity index (χ3v) is 4.75. The van der Waals surface area contributed by atoms with E-state index in [1.807, 2.05) is 12.1 Å². The molecule has 2 fully saturated rings. The van der Waals surface area contributed by atoms with Crippen LogP contribution in [0, 0.1) is 11.7 Å². The summed E-state index contributed by atoms with van der Waals surface area (Å²) in [6, 6.07) is 6.23. The second-order valence-electron chi connectivity index (χ2n) is 5.92. The zero-order valence-electron chi connectivity index (χ0n) is 11.4. The van der Waals surface area contributed by atoms with Crippen LogP contribution in [0.3, 0.4) is 0 Å². The van der Waals surface area contributed by atoms with Gasteiger partial charge in [-0.25, -0.2) is 4.39 Å². The lowest BCUT2D eigenvalue weighted by atomic mass is 9.91. The van der Waals surface area contributed by atoms with Crippen molar-refractivity contribution in [1.29, 1.82) is 0 Å². The van der Waals surface area contributed by atoms with Gasteiger partial charge in [-0.05, 0) is 62.3 Å². The van der Waals surface area contributed by atoms with Crippen LogP contribution in [0.15, 0.2) is 18.2 Å². The minimum Gasteiger partial charge on any atom is -0.366 e. The molecule has 0 radical (unpaired) electrons. The first-order chi connectivity index (χ1) is 9.29. The standard InChI is InChI=1S/C16H23FN2/c17-14-11-12(8-9-18)6-7-16(14)19-10-2-4-13-3-1-5-15(13)19/h6-7,11,13,15H,1-5,8-10,18H2. The Bertz CT molecular complexity index is 446. The van der Waals surface area contributed by atoms with Gasteiger partial charge in [-0.1, -0.05) is 12.5 Å². The van der Waals surface area contributed by atoms with Crippen molar-refractivity contribution in [1.82, 2.24) is 0 Å². The predicted octanol–water partition coefficient (Wildman–Crippen LogP) is 3.10. The third-order valence-electron chi connectivity index (χ3n) is 4.75. The molecule has 0 amide bonds. The van der Waals surface area contributed by atoms with E-state index in [4.69, 9.17) is 5.73 Å². The number of rotatable bonds is 3. The molecule has 19 heavy (non-hydrogen) atoms. The van der Waals surface area contributed by atoms with Crippen molar-refractivity contribution in [2.24, 2.45) is 11.7 Å². The highest BCUT2D eigenvalue weighted by Crippen LogP contribution is 2.39. The van der Waals surface area contributed by atoms with Crippen LogP contribution >= 0.6 is 0 Å². The zero-order chi connectivity index (χ0) is 13.2. The second-order valence-corrected chi connectivity index (χ2v) is 5.92. The third kappa shape index (κ3) is 2.48. The van der Waals surface area contributed by atoms with E-state index in [2.05, 4.69) is 4.90 Å². The van der Waals surface area contributed by atoms with Gasteiger partial charge in [0.25, 0.3) is 0 Å². The first kappa shape index (κ1) is 12.9. The fourth-order valence-electron chi connectivity index (χ4n) is 3.86. The predicted molar refractivity (Wildman–Crippen MR) is 76.9 cm³/mol. The molecule has 1 aromatic carbocycles. The molecule has 2 aliphatic rings. The minimum atomic E-state index is -0.0708. The number of halogens is 1. The maximum atomic E-state index is 14.3. The Labute approximate surface area is 114 Å². The molecule has 2 nitrogen and oxygen atoms in total. The molecular formula is C16H23FN2. The van der Waals surface area contributed by atoms with E-state index in [1.165, 1.54) is 32.1 Å². The highest BCUT2D eigenvalue weighted by Gasteiger charge is 2.35. The number of nitrogens with two attached hydrogens (primary N) is 1. The Hall–Kier alpha value is -1.09. The summed E-state index contributed by atoms with van der Waals surface area (Å²) < 4.78 is 14.3. The number of nitrogens with zero attached hydrogens (tertiary/aromatic N) is 1. The summed E-state index contributed by atoms with van der Waals surface area (Å²) in [7, 11) is 0. The summed E-state index contributed by atoms with van der Waals surface area (Å²) in [5.41, 5.74) is 7.34. The van der Waals surface area contributed by atoms with E-state index in [1.54, 1.807) is 6.07 Å². The van der Waals surface area contributed by atoms with E-state index < -0.39 is 0 Å². The average Bonchev–Trinajstić information content (AvgIpc) is 2.88. The number of hydrogen-bond acceptors (Lipinski definition) is 2. The zero-order valence-corrected chi connectivity index (χ0v) is 11.4. The molecule has 104 valence electrons. The summed E-state index contributed by atoms with van der Waals surface area (Å²) >= 11 is 0. The average molecular weight is 262 g/mol. The monoisotopic (exact) mass is 262 g/mol. The van der Waals surface area contributed by atoms with Crippen LogP contribution in [-0.2, 0) is 6.42 Å². The van der Waals surface area contributed by atoms with Gasteiger partial charge in [0.15, 0.2) is 0 Å². The van der Waals surface area contributed by atoms with Crippen LogP contribution in [0.25, 0.3) is 0 Å². The van der Waals surface area contributed by atoms with Gasteiger partial charge >= 0.3 is 0 Å². The SMILES string of the molecule is NCCc1ccc(N2CCCC3CCCC32)c(F)c1. The van der Waals surface area contributed by atoms with E-state index in [0.29, 0.717) is 12.6 Å². The lowest BCUT2D eigenvalue weighted by molar-refractivity contribution is 0.359. The minimum absolute atomic E-state index is 0.0708. The van der Waals surface area contributed by atoms with Gasteiger partial charge in [0.1, 0.15) is 5.82 Å². The van der Waals surface area contributed by atoms with E-state index in [-0.39, 0.29) is 5.82 Å². The molecular weight excluding hydrogens is 239 g/mol. The first-order valence-electron chi connectivity index (χ1n) is 7.54. The number of piperidine rings is 1. The molecule has 0 spiro atoms. The molecule has 1 heterocycles. The molecule has 2 atom stereocenters. The highest BCUT2D eigenvalue weighted by molar-refractivity contribution is 5.51. The van der Waals surface area contributed by atoms with E-state index in [9.17, 15) is 4.39 Å². The van der Waals surface area contributed by atoms with E-state index in [0.717, 1.165) is 30.1 Å². The fourth-order valence-corrected chi connectivity index (χ4v) is 3.86. The molecule has 1 saturated carbocycles. The molecule has 2 unspecified atom stereocenters. The summed E-state index contributed by atoms with van der Waals surface area (Å²) in [6.07, 6.45) is 7.14. The van der Waals surface area contributed by atoms with Crippen LogP contribution in [-0.4, -0.2) is 19.1 Å². The maximum Gasteiger partial charge on any atom is 0.146 e. The molecule has 2 N–H and O–H groups in total. The van der Waals surface area contributed by atoms with Crippen LogP contribution in [0.1, 0.15) is 37.7 Å². The normalized spacial score (nSPS) is 26.5. The Kier molecular flexibility index (Phi) is 3.74.